The fourth-order valence-corrected chi connectivity index (χ4v) is 2.19. The van der Waals surface area contributed by atoms with Crippen LogP contribution in [-0.2, 0) is 17.5 Å². The van der Waals surface area contributed by atoms with E-state index in [1.807, 2.05) is 0 Å². The van der Waals surface area contributed by atoms with Gasteiger partial charge in [0.1, 0.15) is 18.1 Å². The summed E-state index contributed by atoms with van der Waals surface area (Å²) in [6.45, 7) is 1.99. The first-order chi connectivity index (χ1) is 13.3. The molecule has 3 aromatic rings. The number of pyridine rings is 1. The van der Waals surface area contributed by atoms with Gasteiger partial charge in [-0.15, -0.1) is 0 Å². The third-order valence-corrected chi connectivity index (χ3v) is 3.53. The number of hydrogen-bond acceptors (Lipinski definition) is 7. The quantitative estimate of drug-likeness (QED) is 0.580. The van der Waals surface area contributed by atoms with Crippen LogP contribution in [0, 0.1) is 0 Å². The van der Waals surface area contributed by atoms with E-state index in [0.717, 1.165) is 18.3 Å². The molecule has 28 heavy (non-hydrogen) atoms. The lowest BCUT2D eigenvalue weighted by Gasteiger charge is -2.11. The molecule has 10 heteroatoms. The maximum absolute atomic E-state index is 12.5. The average molecular weight is 395 g/mol. The Labute approximate surface area is 158 Å². The smallest absolute Gasteiger partial charge is 0.417 e. The molecular weight excluding hydrogens is 379 g/mol. The molecule has 2 aromatic heterocycles. The molecule has 0 amide bonds. The molecule has 0 fully saturated rings. The second-order valence-electron chi connectivity index (χ2n) is 5.70. The average Bonchev–Trinajstić information content (AvgIpc) is 3.12. The van der Waals surface area contributed by atoms with Crippen LogP contribution in [0.1, 0.15) is 30.3 Å². The summed E-state index contributed by atoms with van der Waals surface area (Å²) in [5.41, 5.74) is -0.840. The molecule has 0 N–H and O–H groups in total. The lowest BCUT2D eigenvalue weighted by atomic mass is 10.3. The minimum atomic E-state index is -4.44. The van der Waals surface area contributed by atoms with Crippen molar-refractivity contribution in [3.05, 3.63) is 59.9 Å². The largest absolute Gasteiger partial charge is 0.481 e. The van der Waals surface area contributed by atoms with Gasteiger partial charge in [-0.25, -0.2) is 4.98 Å². The van der Waals surface area contributed by atoms with E-state index in [1.165, 1.54) is 7.11 Å². The molecule has 0 aliphatic heterocycles. The van der Waals surface area contributed by atoms with Crippen molar-refractivity contribution in [3.8, 4) is 17.4 Å². The predicted octanol–water partition coefficient (Wildman–Crippen LogP) is 4.56. The molecule has 2 heterocycles. The van der Waals surface area contributed by atoms with E-state index in [0.29, 0.717) is 23.2 Å². The molecule has 0 aliphatic carbocycles. The van der Waals surface area contributed by atoms with Crippen LogP contribution in [0.25, 0.3) is 0 Å². The second-order valence-corrected chi connectivity index (χ2v) is 5.70. The third-order valence-electron chi connectivity index (χ3n) is 3.53. The first-order valence-electron chi connectivity index (χ1n) is 8.14. The van der Waals surface area contributed by atoms with Crippen molar-refractivity contribution in [3.63, 3.8) is 0 Å². The summed E-state index contributed by atoms with van der Waals surface area (Å²) >= 11 is 0. The van der Waals surface area contributed by atoms with Crippen LogP contribution in [0.5, 0.6) is 17.4 Å². The SMILES string of the molecule is COCc1noc(C(C)Oc2ccc(Oc3ccc(C(F)(F)F)cn3)cc2)n1. The Bertz CT molecular complexity index is 896. The summed E-state index contributed by atoms with van der Waals surface area (Å²) in [4.78, 5) is 7.81. The Hall–Kier alpha value is -3.14. The fraction of sp³-hybridized carbons (Fsp3) is 0.278. The predicted molar refractivity (Wildman–Crippen MR) is 89.8 cm³/mol. The minimum Gasteiger partial charge on any atom is -0.481 e. The van der Waals surface area contributed by atoms with Gasteiger partial charge in [-0.05, 0) is 37.3 Å². The summed E-state index contributed by atoms with van der Waals surface area (Å²) in [7, 11) is 1.53. The van der Waals surface area contributed by atoms with Crippen LogP contribution in [-0.4, -0.2) is 22.2 Å². The zero-order valence-corrected chi connectivity index (χ0v) is 14.9. The van der Waals surface area contributed by atoms with Gasteiger partial charge in [-0.2, -0.15) is 18.2 Å². The lowest BCUT2D eigenvalue weighted by Crippen LogP contribution is -2.05. The maximum atomic E-state index is 12.5. The molecule has 3 rings (SSSR count). The number of benzene rings is 1. The van der Waals surface area contributed by atoms with Gasteiger partial charge in [0, 0.05) is 19.4 Å². The Morgan fingerprint density at radius 1 is 1.07 bits per heavy atom. The number of rotatable bonds is 7. The van der Waals surface area contributed by atoms with E-state index in [1.54, 1.807) is 31.2 Å². The van der Waals surface area contributed by atoms with E-state index in [4.69, 9.17) is 18.7 Å². The van der Waals surface area contributed by atoms with Crippen molar-refractivity contribution in [1.82, 2.24) is 15.1 Å². The van der Waals surface area contributed by atoms with Gasteiger partial charge in [-0.3, -0.25) is 0 Å². The van der Waals surface area contributed by atoms with Crippen LogP contribution < -0.4 is 9.47 Å². The summed E-state index contributed by atoms with van der Waals surface area (Å²) in [6, 6.07) is 8.55. The van der Waals surface area contributed by atoms with Crippen LogP contribution in [0.3, 0.4) is 0 Å². The molecule has 0 spiro atoms. The molecule has 148 valence electrons. The molecule has 1 unspecified atom stereocenters. The van der Waals surface area contributed by atoms with E-state index in [9.17, 15) is 13.2 Å². The van der Waals surface area contributed by atoms with Gasteiger partial charge in [-0.1, -0.05) is 5.16 Å². The standard InChI is InChI=1S/C18H16F3N3O4/c1-11(17-23-15(10-25-2)24-28-17)26-13-4-6-14(7-5-13)27-16-8-3-12(9-22-16)18(19,20)21/h3-9,11H,10H2,1-2H3. The van der Waals surface area contributed by atoms with Crippen LogP contribution >= 0.6 is 0 Å². The summed E-state index contributed by atoms with van der Waals surface area (Å²) < 4.78 is 58.8. The minimum absolute atomic E-state index is 0.0477. The van der Waals surface area contributed by atoms with Gasteiger partial charge < -0.3 is 18.7 Å². The Morgan fingerprint density at radius 3 is 2.39 bits per heavy atom. The molecule has 7 nitrogen and oxygen atoms in total. The number of alkyl halides is 3. The summed E-state index contributed by atoms with van der Waals surface area (Å²) in [5, 5.41) is 3.76. The third kappa shape index (κ3) is 4.97. The van der Waals surface area contributed by atoms with Crippen molar-refractivity contribution in [2.45, 2.75) is 25.8 Å². The molecule has 0 aliphatic rings. The van der Waals surface area contributed by atoms with Crippen molar-refractivity contribution in [2.75, 3.05) is 7.11 Å². The van der Waals surface area contributed by atoms with E-state index in [2.05, 4.69) is 15.1 Å². The number of hydrogen-bond donors (Lipinski definition) is 0. The van der Waals surface area contributed by atoms with Gasteiger partial charge in [0.15, 0.2) is 11.9 Å². The normalized spacial score (nSPS) is 12.6. The highest BCUT2D eigenvalue weighted by Crippen LogP contribution is 2.30. The zero-order chi connectivity index (χ0) is 20.1. The van der Waals surface area contributed by atoms with Crippen molar-refractivity contribution >= 4 is 0 Å². The zero-order valence-electron chi connectivity index (χ0n) is 14.9. The van der Waals surface area contributed by atoms with Crippen molar-refractivity contribution < 1.29 is 31.9 Å². The monoisotopic (exact) mass is 395 g/mol. The molecule has 1 aromatic carbocycles. The van der Waals surface area contributed by atoms with Crippen LogP contribution in [0.4, 0.5) is 13.2 Å². The molecular formula is C18H16F3N3O4. The number of aromatic nitrogens is 3. The Balaban J connectivity index is 1.59. The first kappa shape index (κ1) is 19.6. The molecule has 0 radical (unpaired) electrons. The van der Waals surface area contributed by atoms with E-state index >= 15 is 0 Å². The molecule has 1 atom stereocenters. The van der Waals surface area contributed by atoms with Gasteiger partial charge in [0.25, 0.3) is 5.89 Å². The first-order valence-corrected chi connectivity index (χ1v) is 8.14. The molecule has 0 bridgehead atoms. The number of nitrogens with zero attached hydrogens (tertiary/aromatic N) is 3. The van der Waals surface area contributed by atoms with E-state index < -0.39 is 17.8 Å². The Kier molecular flexibility index (Phi) is 5.78. The van der Waals surface area contributed by atoms with Crippen LogP contribution in [0.2, 0.25) is 0 Å². The van der Waals surface area contributed by atoms with Gasteiger partial charge in [0.2, 0.25) is 5.88 Å². The Morgan fingerprint density at radius 2 is 1.79 bits per heavy atom. The lowest BCUT2D eigenvalue weighted by molar-refractivity contribution is -0.137. The summed E-state index contributed by atoms with van der Waals surface area (Å²) in [5.74, 6) is 1.69. The highest BCUT2D eigenvalue weighted by molar-refractivity contribution is 5.34. The van der Waals surface area contributed by atoms with E-state index in [-0.39, 0.29) is 12.5 Å². The number of methoxy groups -OCH3 is 1. The topological polar surface area (TPSA) is 79.5 Å². The van der Waals surface area contributed by atoms with Crippen molar-refractivity contribution in [2.24, 2.45) is 0 Å². The fourth-order valence-electron chi connectivity index (χ4n) is 2.19. The van der Waals surface area contributed by atoms with Crippen molar-refractivity contribution in [1.29, 1.82) is 0 Å². The van der Waals surface area contributed by atoms with Gasteiger partial charge in [0.05, 0.1) is 5.56 Å². The number of halogens is 3. The second kappa shape index (κ2) is 8.26. The highest BCUT2D eigenvalue weighted by Gasteiger charge is 2.30. The highest BCUT2D eigenvalue weighted by atomic mass is 19.4. The maximum Gasteiger partial charge on any atom is 0.417 e. The molecule has 0 saturated heterocycles. The van der Waals surface area contributed by atoms with Crippen LogP contribution in [0.15, 0.2) is 47.1 Å². The number of ether oxygens (including phenoxy) is 3. The summed E-state index contributed by atoms with van der Waals surface area (Å²) in [6.07, 6.45) is -4.21. The molecule has 0 saturated carbocycles. The van der Waals surface area contributed by atoms with Gasteiger partial charge >= 0.3 is 6.18 Å².